The molecule has 0 saturated carbocycles. The molecule has 1 saturated heterocycles. The predicted molar refractivity (Wildman–Crippen MR) is 130 cm³/mol. The quantitative estimate of drug-likeness (QED) is 0.571. The molecule has 0 spiro atoms. The van der Waals surface area contributed by atoms with Crippen molar-refractivity contribution in [3.8, 4) is 0 Å². The fourth-order valence-corrected chi connectivity index (χ4v) is 6.06. The summed E-state index contributed by atoms with van der Waals surface area (Å²) in [6, 6.07) is 11.5. The predicted octanol–water partition coefficient (Wildman–Crippen LogP) is 2.47. The van der Waals surface area contributed by atoms with E-state index in [1.807, 2.05) is 62.1 Å². The van der Waals surface area contributed by atoms with E-state index in [4.69, 9.17) is 9.52 Å². The summed E-state index contributed by atoms with van der Waals surface area (Å²) in [7, 11) is -3.46. The second-order valence-corrected chi connectivity index (χ2v) is 10.6. The first-order chi connectivity index (χ1) is 16.3. The van der Waals surface area contributed by atoms with E-state index < -0.39 is 10.2 Å². The summed E-state index contributed by atoms with van der Waals surface area (Å²) in [6.45, 7) is 8.52. The van der Waals surface area contributed by atoms with E-state index in [1.165, 1.54) is 19.2 Å². The molecule has 2 aromatic rings. The second kappa shape index (κ2) is 10.4. The van der Waals surface area contributed by atoms with Crippen LogP contribution in [0.1, 0.15) is 43.2 Å². The van der Waals surface area contributed by atoms with E-state index in [9.17, 15) is 13.2 Å². The molecule has 1 amide bonds. The first-order valence-corrected chi connectivity index (χ1v) is 13.2. The van der Waals surface area contributed by atoms with Gasteiger partial charge in [0.15, 0.2) is 0 Å². The Morgan fingerprint density at radius 1 is 1.09 bits per heavy atom. The van der Waals surface area contributed by atoms with E-state index in [-0.39, 0.29) is 18.5 Å². The molecule has 2 aliphatic heterocycles. The van der Waals surface area contributed by atoms with Gasteiger partial charge in [0.1, 0.15) is 11.8 Å². The molecule has 0 bridgehead atoms. The normalized spacial score (nSPS) is 20.2. The van der Waals surface area contributed by atoms with Crippen LogP contribution in [0, 0.1) is 6.92 Å². The number of carbonyl (C=O) groups is 1. The number of hydrogen-bond donors (Lipinski definition) is 0. The molecule has 2 aliphatic rings. The number of aryl methyl sites for hydroxylation is 1. The summed E-state index contributed by atoms with van der Waals surface area (Å²) >= 11 is 0. The molecule has 1 unspecified atom stereocenters. The van der Waals surface area contributed by atoms with Crippen molar-refractivity contribution in [1.29, 1.82) is 0 Å². The zero-order valence-electron chi connectivity index (χ0n) is 20.1. The number of amides is 1. The van der Waals surface area contributed by atoms with E-state index in [0.29, 0.717) is 51.4 Å². The van der Waals surface area contributed by atoms with Gasteiger partial charge in [0.2, 0.25) is 0 Å². The van der Waals surface area contributed by atoms with Gasteiger partial charge in [0, 0.05) is 45.7 Å². The highest BCUT2D eigenvalue weighted by molar-refractivity contribution is 7.86. The van der Waals surface area contributed by atoms with Gasteiger partial charge >= 0.3 is 0 Å². The lowest BCUT2D eigenvalue weighted by atomic mass is 10.0. The van der Waals surface area contributed by atoms with Crippen LogP contribution in [0.15, 0.2) is 52.2 Å². The number of hydrogen-bond acceptors (Lipinski definition) is 6. The molecule has 1 fully saturated rings. The summed E-state index contributed by atoms with van der Waals surface area (Å²) in [5.41, 5.74) is 3.01. The molecule has 0 radical (unpaired) electrons. The Morgan fingerprint density at radius 3 is 2.35 bits per heavy atom. The molecule has 1 aromatic carbocycles. The highest BCUT2D eigenvalue weighted by atomic mass is 32.2. The van der Waals surface area contributed by atoms with Crippen LogP contribution >= 0.6 is 0 Å². The molecule has 10 heteroatoms. The van der Waals surface area contributed by atoms with Crippen molar-refractivity contribution in [1.82, 2.24) is 18.5 Å². The van der Waals surface area contributed by atoms with Crippen LogP contribution in [-0.2, 0) is 15.0 Å². The number of hydrazone groups is 1. The minimum absolute atomic E-state index is 0.122. The van der Waals surface area contributed by atoms with Crippen molar-refractivity contribution in [2.45, 2.75) is 33.2 Å². The van der Waals surface area contributed by atoms with Gasteiger partial charge in [-0.1, -0.05) is 43.7 Å². The first kappa shape index (κ1) is 24.6. The fourth-order valence-electron chi connectivity index (χ4n) is 4.46. The maximum Gasteiger partial charge on any atom is 0.282 e. The molecule has 9 nitrogen and oxygen atoms in total. The SMILES string of the molecule is CCN(CC)S(=O)(=O)N1CCN(CC(=O)N2N=C(c3ccc(C)cc3)CC2c2ccco2)CC1. The number of nitrogens with zero attached hydrogens (tertiary/aromatic N) is 5. The van der Waals surface area contributed by atoms with Gasteiger partial charge in [-0.15, -0.1) is 0 Å². The van der Waals surface area contributed by atoms with Crippen LogP contribution < -0.4 is 0 Å². The average Bonchev–Trinajstić information content (AvgIpc) is 3.51. The Labute approximate surface area is 201 Å². The van der Waals surface area contributed by atoms with Crippen LogP contribution in [0.4, 0.5) is 0 Å². The molecular weight excluding hydrogens is 454 g/mol. The zero-order chi connectivity index (χ0) is 24.3. The lowest BCUT2D eigenvalue weighted by molar-refractivity contribution is -0.134. The molecular formula is C24H33N5O4S. The van der Waals surface area contributed by atoms with Gasteiger partial charge in [-0.25, -0.2) is 5.01 Å². The molecule has 4 rings (SSSR count). The summed E-state index contributed by atoms with van der Waals surface area (Å²) < 4.78 is 34.2. The molecule has 0 N–H and O–H groups in total. The number of rotatable bonds is 8. The van der Waals surface area contributed by atoms with Crippen molar-refractivity contribution >= 4 is 21.8 Å². The molecule has 34 heavy (non-hydrogen) atoms. The third-order valence-corrected chi connectivity index (χ3v) is 8.66. The van der Waals surface area contributed by atoms with Gasteiger partial charge in [0.05, 0.1) is 18.5 Å². The van der Waals surface area contributed by atoms with Crippen molar-refractivity contribution in [3.63, 3.8) is 0 Å². The standard InChI is InChI=1S/C24H33N5O4S/c1-4-27(5-2)34(31,32)28-14-12-26(13-15-28)18-24(30)29-22(23-7-6-16-33-23)17-21(25-29)20-10-8-19(3)9-11-20/h6-11,16,22H,4-5,12-15,17-18H2,1-3H3. The lowest BCUT2D eigenvalue weighted by Crippen LogP contribution is -2.54. The minimum Gasteiger partial charge on any atom is -0.467 e. The largest absolute Gasteiger partial charge is 0.467 e. The molecule has 0 aliphatic carbocycles. The van der Waals surface area contributed by atoms with Gasteiger partial charge in [-0.2, -0.15) is 22.1 Å². The summed E-state index contributed by atoms with van der Waals surface area (Å²) in [5, 5.41) is 6.23. The van der Waals surface area contributed by atoms with Crippen molar-refractivity contribution in [2.75, 3.05) is 45.8 Å². The third-order valence-electron chi connectivity index (χ3n) is 6.47. The van der Waals surface area contributed by atoms with E-state index in [2.05, 4.69) is 0 Å². The highest BCUT2D eigenvalue weighted by Gasteiger charge is 2.37. The number of furan rings is 1. The molecule has 1 aromatic heterocycles. The van der Waals surface area contributed by atoms with Crippen molar-refractivity contribution in [3.05, 3.63) is 59.5 Å². The van der Waals surface area contributed by atoms with E-state index in [0.717, 1.165) is 11.3 Å². The van der Waals surface area contributed by atoms with Gasteiger partial charge in [0.25, 0.3) is 16.1 Å². The lowest BCUT2D eigenvalue weighted by Gasteiger charge is -2.36. The van der Waals surface area contributed by atoms with Gasteiger partial charge in [-0.05, 0) is 24.6 Å². The minimum atomic E-state index is -3.46. The second-order valence-electron chi connectivity index (χ2n) is 8.65. The van der Waals surface area contributed by atoms with Crippen LogP contribution in [0.2, 0.25) is 0 Å². The third kappa shape index (κ3) is 5.10. The number of benzene rings is 1. The topological polar surface area (TPSA) is 89.7 Å². The summed E-state index contributed by atoms with van der Waals surface area (Å²) in [5.74, 6) is 0.581. The Morgan fingerprint density at radius 2 is 1.76 bits per heavy atom. The first-order valence-electron chi connectivity index (χ1n) is 11.8. The molecule has 1 atom stereocenters. The van der Waals surface area contributed by atoms with E-state index >= 15 is 0 Å². The monoisotopic (exact) mass is 487 g/mol. The maximum atomic E-state index is 13.3. The van der Waals surface area contributed by atoms with Crippen molar-refractivity contribution < 1.29 is 17.6 Å². The fraction of sp³-hybridized carbons (Fsp3) is 0.500. The Kier molecular flexibility index (Phi) is 7.51. The van der Waals surface area contributed by atoms with Gasteiger partial charge < -0.3 is 4.42 Å². The Bertz CT molecular complexity index is 1100. The highest BCUT2D eigenvalue weighted by Crippen LogP contribution is 2.33. The number of carbonyl (C=O) groups excluding carboxylic acids is 1. The van der Waals surface area contributed by atoms with Crippen molar-refractivity contribution in [2.24, 2.45) is 5.10 Å². The summed E-state index contributed by atoms with van der Waals surface area (Å²) in [6.07, 6.45) is 2.19. The average molecular weight is 488 g/mol. The van der Waals surface area contributed by atoms with Crippen LogP contribution in [0.5, 0.6) is 0 Å². The van der Waals surface area contributed by atoms with E-state index in [1.54, 1.807) is 6.26 Å². The molecule has 184 valence electrons. The summed E-state index contributed by atoms with van der Waals surface area (Å²) in [4.78, 5) is 15.3. The van der Waals surface area contributed by atoms with Crippen LogP contribution in [0.25, 0.3) is 0 Å². The number of piperazine rings is 1. The Hall–Kier alpha value is -2.53. The smallest absolute Gasteiger partial charge is 0.282 e. The maximum absolute atomic E-state index is 13.3. The van der Waals surface area contributed by atoms with Crippen LogP contribution in [0.3, 0.4) is 0 Å². The Balaban J connectivity index is 1.44. The molecule has 3 heterocycles. The zero-order valence-corrected chi connectivity index (χ0v) is 20.9. The van der Waals surface area contributed by atoms with Crippen LogP contribution in [-0.4, -0.2) is 84.4 Å². The van der Waals surface area contributed by atoms with Gasteiger partial charge in [-0.3, -0.25) is 9.69 Å².